The molecule has 0 amide bonds. The van der Waals surface area contributed by atoms with E-state index in [4.69, 9.17) is 4.74 Å². The Balaban J connectivity index is 4.34. The molecule has 20 heavy (non-hydrogen) atoms. The monoisotopic (exact) mass is 346 g/mol. The summed E-state index contributed by atoms with van der Waals surface area (Å²) in [6, 6.07) is 0. The van der Waals surface area contributed by atoms with E-state index < -0.39 is 13.3 Å². The molecule has 0 heterocycles. The van der Waals surface area contributed by atoms with Gasteiger partial charge in [-0.2, -0.15) is 0 Å². The number of ether oxygens (including phenoxy) is 1. The predicted molar refractivity (Wildman–Crippen MR) is 95.4 cm³/mol. The van der Waals surface area contributed by atoms with E-state index in [1.807, 2.05) is 0 Å². The van der Waals surface area contributed by atoms with E-state index in [9.17, 15) is 0 Å². The van der Waals surface area contributed by atoms with Crippen molar-refractivity contribution in [2.75, 3.05) is 13.2 Å². The van der Waals surface area contributed by atoms with Crippen LogP contribution < -0.4 is 0 Å². The summed E-state index contributed by atoms with van der Waals surface area (Å²) in [6.45, 7) is 11.4. The second-order valence-corrected chi connectivity index (χ2v) is 17.0. The number of hydrogen-bond acceptors (Lipinski definition) is 1. The first-order valence-electron chi connectivity index (χ1n) is 9.32. The van der Waals surface area contributed by atoms with Crippen molar-refractivity contribution in [3.05, 3.63) is 0 Å². The molecule has 0 unspecified atom stereocenters. The Morgan fingerprint density at radius 2 is 1.00 bits per heavy atom. The van der Waals surface area contributed by atoms with Crippen molar-refractivity contribution in [1.29, 1.82) is 0 Å². The van der Waals surface area contributed by atoms with Crippen molar-refractivity contribution in [2.24, 2.45) is 0 Å². The second-order valence-electron chi connectivity index (χ2n) is 6.53. The van der Waals surface area contributed by atoms with E-state index in [0.29, 0.717) is 0 Å². The standard InChI is InChI=1S/C18H40GeO/c1-5-9-13-19(14-10-6-2,15-11-7-3)16-18-20-17-12-8-4/h5-18H2,1-4H3. The first-order valence-corrected chi connectivity index (χ1v) is 15.3. The molecule has 0 aliphatic carbocycles. The van der Waals surface area contributed by atoms with Gasteiger partial charge in [0.2, 0.25) is 0 Å². The molecule has 0 aliphatic rings. The molecule has 1 nitrogen and oxygen atoms in total. The van der Waals surface area contributed by atoms with Gasteiger partial charge in [0.1, 0.15) is 0 Å². The Morgan fingerprint density at radius 1 is 0.550 bits per heavy atom. The molecule has 0 aromatic carbocycles. The van der Waals surface area contributed by atoms with Gasteiger partial charge in [-0.1, -0.05) is 0 Å². The van der Waals surface area contributed by atoms with E-state index in [-0.39, 0.29) is 0 Å². The fraction of sp³-hybridized carbons (Fsp3) is 1.00. The SMILES string of the molecule is CCCCOC[CH2][Ge]([CH2]CCC)([CH2]CCC)[CH2]CCC. The van der Waals surface area contributed by atoms with Crippen LogP contribution in [0.5, 0.6) is 0 Å². The summed E-state index contributed by atoms with van der Waals surface area (Å²) in [4.78, 5) is 0. The molecule has 0 N–H and O–H groups in total. The summed E-state index contributed by atoms with van der Waals surface area (Å²) in [7, 11) is 0. The molecule has 0 bridgehead atoms. The Hall–Kier alpha value is 0.503. The minimum absolute atomic E-state index is 0.990. The third kappa shape index (κ3) is 10.3. The quantitative estimate of drug-likeness (QED) is 0.238. The molecular formula is C18H40GeO. The Morgan fingerprint density at radius 3 is 1.40 bits per heavy atom. The summed E-state index contributed by atoms with van der Waals surface area (Å²) >= 11 is -1.61. The number of unbranched alkanes of at least 4 members (excludes halogenated alkanes) is 4. The zero-order chi connectivity index (χ0) is 15.1. The fourth-order valence-electron chi connectivity index (χ4n) is 3.04. The van der Waals surface area contributed by atoms with Crippen LogP contribution in [0.25, 0.3) is 0 Å². The Bertz CT molecular complexity index is 172. The van der Waals surface area contributed by atoms with E-state index in [0.717, 1.165) is 13.2 Å². The van der Waals surface area contributed by atoms with Gasteiger partial charge in [0, 0.05) is 0 Å². The molecule has 0 aliphatic heterocycles. The van der Waals surface area contributed by atoms with Crippen LogP contribution in [-0.2, 0) is 4.74 Å². The van der Waals surface area contributed by atoms with Crippen molar-refractivity contribution in [2.45, 2.75) is 100 Å². The van der Waals surface area contributed by atoms with Gasteiger partial charge >= 0.3 is 131 Å². The zero-order valence-corrected chi connectivity index (χ0v) is 16.9. The summed E-state index contributed by atoms with van der Waals surface area (Å²) in [5.41, 5.74) is 0. The van der Waals surface area contributed by atoms with Crippen LogP contribution in [0.1, 0.15) is 79.1 Å². The van der Waals surface area contributed by atoms with Gasteiger partial charge in [-0.3, -0.25) is 0 Å². The average Bonchev–Trinajstić information content (AvgIpc) is 2.48. The van der Waals surface area contributed by atoms with Crippen molar-refractivity contribution in [3.8, 4) is 0 Å². The second kappa shape index (κ2) is 14.4. The zero-order valence-electron chi connectivity index (χ0n) is 14.8. The molecule has 0 atom stereocenters. The van der Waals surface area contributed by atoms with Crippen molar-refractivity contribution in [1.82, 2.24) is 0 Å². The molecule has 0 aromatic rings. The Labute approximate surface area is 131 Å². The minimum atomic E-state index is -1.61. The van der Waals surface area contributed by atoms with Crippen molar-refractivity contribution >= 4 is 13.3 Å². The van der Waals surface area contributed by atoms with Crippen LogP contribution in [0.3, 0.4) is 0 Å². The normalized spacial score (nSPS) is 12.0. The van der Waals surface area contributed by atoms with Gasteiger partial charge in [0.15, 0.2) is 0 Å². The average molecular weight is 345 g/mol. The molecule has 0 rings (SSSR count). The van der Waals surface area contributed by atoms with E-state index in [1.54, 1.807) is 15.8 Å². The van der Waals surface area contributed by atoms with Gasteiger partial charge in [-0.15, -0.1) is 0 Å². The first-order chi connectivity index (χ1) is 9.74. The third-order valence-corrected chi connectivity index (χ3v) is 16.2. The summed E-state index contributed by atoms with van der Waals surface area (Å²) in [5, 5.41) is 6.29. The number of rotatable bonds is 15. The molecule has 0 radical (unpaired) electrons. The Kier molecular flexibility index (Phi) is 14.8. The maximum absolute atomic E-state index is 5.92. The summed E-state index contributed by atoms with van der Waals surface area (Å²) in [5.74, 6) is 0. The van der Waals surface area contributed by atoms with Crippen LogP contribution in [0, 0.1) is 0 Å². The van der Waals surface area contributed by atoms with Crippen molar-refractivity contribution in [3.63, 3.8) is 0 Å². The van der Waals surface area contributed by atoms with Gasteiger partial charge in [-0.05, 0) is 0 Å². The molecule has 122 valence electrons. The molecular weight excluding hydrogens is 305 g/mol. The first kappa shape index (κ1) is 20.5. The molecule has 2 heteroatoms. The van der Waals surface area contributed by atoms with E-state index in [2.05, 4.69) is 27.7 Å². The van der Waals surface area contributed by atoms with Crippen LogP contribution >= 0.6 is 0 Å². The van der Waals surface area contributed by atoms with E-state index in [1.165, 1.54) is 56.6 Å². The van der Waals surface area contributed by atoms with Crippen molar-refractivity contribution < 1.29 is 4.74 Å². The van der Waals surface area contributed by atoms with Crippen LogP contribution in [0.15, 0.2) is 0 Å². The van der Waals surface area contributed by atoms with Gasteiger partial charge < -0.3 is 0 Å². The van der Waals surface area contributed by atoms with Gasteiger partial charge in [0.05, 0.1) is 0 Å². The topological polar surface area (TPSA) is 9.23 Å². The molecule has 0 spiro atoms. The summed E-state index contributed by atoms with van der Waals surface area (Å²) < 4.78 is 5.92. The van der Waals surface area contributed by atoms with Crippen LogP contribution in [-0.4, -0.2) is 26.5 Å². The summed E-state index contributed by atoms with van der Waals surface area (Å²) in [6.07, 6.45) is 11.0. The third-order valence-electron chi connectivity index (χ3n) is 4.60. The fourth-order valence-corrected chi connectivity index (χ4v) is 14.3. The molecule has 0 aromatic heterocycles. The number of hydrogen-bond donors (Lipinski definition) is 0. The van der Waals surface area contributed by atoms with Crippen LogP contribution in [0.2, 0.25) is 21.0 Å². The maximum atomic E-state index is 5.92. The van der Waals surface area contributed by atoms with Crippen LogP contribution in [0.4, 0.5) is 0 Å². The van der Waals surface area contributed by atoms with E-state index >= 15 is 0 Å². The predicted octanol–water partition coefficient (Wildman–Crippen LogP) is 6.65. The molecule has 0 saturated carbocycles. The van der Waals surface area contributed by atoms with Gasteiger partial charge in [-0.25, -0.2) is 0 Å². The van der Waals surface area contributed by atoms with Gasteiger partial charge in [0.25, 0.3) is 0 Å². The molecule has 0 fully saturated rings. The molecule has 0 saturated heterocycles.